The summed E-state index contributed by atoms with van der Waals surface area (Å²) in [4.78, 5) is 38.3. The van der Waals surface area contributed by atoms with Crippen molar-refractivity contribution in [2.24, 2.45) is 0 Å². The molecule has 8 heteroatoms. The van der Waals surface area contributed by atoms with E-state index >= 15 is 0 Å². The number of carboxylic acids is 1. The number of carbonyl (C=O) groups is 1. The molecular weight excluding hydrogens is 566 g/mol. The molecule has 0 atom stereocenters. The molecule has 0 fully saturated rings. The smallest absolute Gasteiger partial charge is 0.307 e. The van der Waals surface area contributed by atoms with E-state index in [0.717, 1.165) is 43.3 Å². The summed E-state index contributed by atoms with van der Waals surface area (Å²) in [6.45, 7) is 0. The second-order valence-corrected chi connectivity index (χ2v) is 10.0. The number of hydrogen-bond acceptors (Lipinski definition) is 4. The van der Waals surface area contributed by atoms with Crippen molar-refractivity contribution < 1.29 is 14.3 Å². The average Bonchev–Trinajstić information content (AvgIpc) is 2.81. The number of aliphatic carboxylic acids is 1. The largest absolute Gasteiger partial charge is 0.481 e. The topological polar surface area (TPSA) is 89.5 Å². The number of halogens is 2. The van der Waals surface area contributed by atoms with E-state index in [0.29, 0.717) is 37.5 Å². The summed E-state index contributed by atoms with van der Waals surface area (Å²) in [5.41, 5.74) is 1.45. The van der Waals surface area contributed by atoms with Crippen LogP contribution < -0.4 is 21.8 Å². The van der Waals surface area contributed by atoms with E-state index in [1.807, 2.05) is 0 Å². The Morgan fingerprint density at radius 3 is 2.24 bits per heavy atom. The Labute approximate surface area is 208 Å². The molecule has 0 radical (unpaired) electrons. The molecule has 0 saturated heterocycles. The summed E-state index contributed by atoms with van der Waals surface area (Å²) in [5.74, 6) is -0.950. The van der Waals surface area contributed by atoms with Gasteiger partial charge in [0, 0.05) is 25.9 Å². The molecule has 5 aromatic rings. The number of rotatable bonds is 3. The van der Waals surface area contributed by atoms with Gasteiger partial charge < -0.3 is 9.52 Å². The van der Waals surface area contributed by atoms with E-state index in [9.17, 15) is 14.4 Å². The molecule has 1 aliphatic rings. The van der Waals surface area contributed by atoms with Crippen molar-refractivity contribution in [3.05, 3.63) is 82.2 Å². The van der Waals surface area contributed by atoms with Crippen LogP contribution in [0.3, 0.4) is 0 Å². The lowest BCUT2D eigenvalue weighted by Crippen LogP contribution is -2.33. The van der Waals surface area contributed by atoms with Crippen molar-refractivity contribution in [3.8, 4) is 5.69 Å². The number of aromatic nitrogens is 1. The third kappa shape index (κ3) is 3.02. The minimum absolute atomic E-state index is 0.137. The number of benzene rings is 3. The first-order chi connectivity index (χ1) is 16.3. The SMILES string of the molecule is O=C(O)Cc1ccc(-n2c(=O)c3cc(Br)c4oc5c(c6c(Br)cc(c2=O)c3c46)=CCCC=5)cc1. The predicted octanol–water partition coefficient (Wildman–Crippen LogP) is 4.20. The molecule has 1 aliphatic carbocycles. The van der Waals surface area contributed by atoms with Crippen LogP contribution >= 0.6 is 31.9 Å². The highest BCUT2D eigenvalue weighted by atomic mass is 79.9. The first-order valence-corrected chi connectivity index (χ1v) is 12.2. The normalized spacial score (nSPS) is 13.2. The van der Waals surface area contributed by atoms with Crippen LogP contribution in [-0.2, 0) is 11.2 Å². The number of pyridine rings is 1. The minimum Gasteiger partial charge on any atom is -0.481 e. The van der Waals surface area contributed by atoms with Crippen LogP contribution in [0, 0.1) is 0 Å². The average molecular weight is 581 g/mol. The van der Waals surface area contributed by atoms with Crippen LogP contribution in [0.25, 0.3) is 50.4 Å². The number of nitrogens with zero attached hydrogens (tertiary/aromatic N) is 1. The van der Waals surface area contributed by atoms with Crippen LogP contribution in [0.4, 0.5) is 0 Å². The zero-order valence-electron chi connectivity index (χ0n) is 17.5. The van der Waals surface area contributed by atoms with Gasteiger partial charge in [0.05, 0.1) is 27.4 Å². The number of hydrogen-bond donors (Lipinski definition) is 1. The molecule has 0 amide bonds. The molecule has 0 unspecified atom stereocenters. The lowest BCUT2D eigenvalue weighted by Gasteiger charge is -2.16. The summed E-state index contributed by atoms with van der Waals surface area (Å²) < 4.78 is 8.76. The van der Waals surface area contributed by atoms with E-state index in [2.05, 4.69) is 44.0 Å². The van der Waals surface area contributed by atoms with Gasteiger partial charge in [0.2, 0.25) is 0 Å². The van der Waals surface area contributed by atoms with E-state index in [4.69, 9.17) is 9.52 Å². The van der Waals surface area contributed by atoms with Crippen molar-refractivity contribution >= 4 is 82.5 Å². The molecule has 2 heterocycles. The molecule has 6 nitrogen and oxygen atoms in total. The standard InChI is InChI=1S/C26H15Br2NO5/c27-17-10-15-21-16(11-18(28)24-23(21)22(17)14-3-1-2-4-19(14)34-24)26(33)29(25(15)32)13-7-5-12(6-8-13)9-20(30)31/h3-8,10-11H,1-2,9H2,(H,30,31). The van der Waals surface area contributed by atoms with Crippen molar-refractivity contribution in [2.75, 3.05) is 0 Å². The number of carboxylic acid groups (broad SMARTS) is 1. The van der Waals surface area contributed by atoms with Gasteiger partial charge in [-0.3, -0.25) is 14.4 Å². The van der Waals surface area contributed by atoms with Gasteiger partial charge >= 0.3 is 5.97 Å². The highest BCUT2D eigenvalue weighted by molar-refractivity contribution is 9.11. The summed E-state index contributed by atoms with van der Waals surface area (Å²) in [6.07, 6.45) is 5.82. The fourth-order valence-electron chi connectivity index (χ4n) is 4.83. The highest BCUT2D eigenvalue weighted by Crippen LogP contribution is 2.38. The lowest BCUT2D eigenvalue weighted by molar-refractivity contribution is -0.136. The molecule has 6 rings (SSSR count). The Bertz CT molecular complexity index is 1880. The third-order valence-corrected chi connectivity index (χ3v) is 7.49. The Hall–Kier alpha value is -3.23. The monoisotopic (exact) mass is 579 g/mol. The van der Waals surface area contributed by atoms with Crippen LogP contribution in [0.1, 0.15) is 18.4 Å². The molecular formula is C26H15Br2NO5. The number of fused-ring (bicyclic) bond motifs is 2. The Morgan fingerprint density at radius 1 is 0.912 bits per heavy atom. The molecule has 2 aromatic heterocycles. The van der Waals surface area contributed by atoms with Crippen LogP contribution in [0.5, 0.6) is 0 Å². The van der Waals surface area contributed by atoms with Gasteiger partial charge in [-0.1, -0.05) is 34.1 Å². The Kier molecular flexibility index (Phi) is 4.79. The third-order valence-electron chi connectivity index (χ3n) is 6.27. The van der Waals surface area contributed by atoms with Crippen molar-refractivity contribution in [1.82, 2.24) is 4.57 Å². The first kappa shape index (κ1) is 21.3. The van der Waals surface area contributed by atoms with Gasteiger partial charge in [-0.25, -0.2) is 4.57 Å². The zero-order chi connectivity index (χ0) is 23.7. The maximum Gasteiger partial charge on any atom is 0.307 e. The zero-order valence-corrected chi connectivity index (χ0v) is 20.7. The molecule has 0 saturated carbocycles. The maximum absolute atomic E-state index is 13.6. The van der Waals surface area contributed by atoms with Gasteiger partial charge in [-0.2, -0.15) is 0 Å². The molecule has 0 aliphatic heterocycles. The summed E-state index contributed by atoms with van der Waals surface area (Å²) in [6, 6.07) is 9.90. The molecule has 0 spiro atoms. The maximum atomic E-state index is 13.6. The van der Waals surface area contributed by atoms with Crippen molar-refractivity contribution in [1.29, 1.82) is 0 Å². The van der Waals surface area contributed by atoms with Crippen molar-refractivity contribution in [2.45, 2.75) is 19.3 Å². The predicted molar refractivity (Wildman–Crippen MR) is 138 cm³/mol. The van der Waals surface area contributed by atoms with E-state index < -0.39 is 17.1 Å². The quantitative estimate of drug-likeness (QED) is 0.323. The molecule has 34 heavy (non-hydrogen) atoms. The summed E-state index contributed by atoms with van der Waals surface area (Å²) in [7, 11) is 0. The Balaban J connectivity index is 1.77. The van der Waals surface area contributed by atoms with Crippen LogP contribution in [0.15, 0.2) is 59.3 Å². The van der Waals surface area contributed by atoms with Crippen molar-refractivity contribution in [3.63, 3.8) is 0 Å². The molecule has 168 valence electrons. The van der Waals surface area contributed by atoms with Crippen LogP contribution in [-0.4, -0.2) is 15.6 Å². The first-order valence-electron chi connectivity index (χ1n) is 10.6. The van der Waals surface area contributed by atoms with E-state index in [-0.39, 0.29) is 6.42 Å². The van der Waals surface area contributed by atoms with Gasteiger partial charge in [-0.05, 0) is 64.7 Å². The molecule has 0 bridgehead atoms. The minimum atomic E-state index is -0.950. The van der Waals surface area contributed by atoms with Gasteiger partial charge in [0.15, 0.2) is 0 Å². The summed E-state index contributed by atoms with van der Waals surface area (Å²) in [5, 5.41) is 13.0. The second-order valence-electron chi connectivity index (χ2n) is 8.31. The fraction of sp³-hybridized carbons (Fsp3) is 0.115. The molecule has 3 aromatic carbocycles. The second kappa shape index (κ2) is 7.65. The van der Waals surface area contributed by atoms with E-state index in [1.165, 1.54) is 0 Å². The summed E-state index contributed by atoms with van der Waals surface area (Å²) >= 11 is 7.25. The van der Waals surface area contributed by atoms with Gasteiger partial charge in [0.25, 0.3) is 11.1 Å². The van der Waals surface area contributed by atoms with Gasteiger partial charge in [0.1, 0.15) is 11.0 Å². The lowest BCUT2D eigenvalue weighted by atomic mass is 9.96. The molecule has 1 N–H and O–H groups in total. The van der Waals surface area contributed by atoms with Gasteiger partial charge in [-0.15, -0.1) is 0 Å². The highest BCUT2D eigenvalue weighted by Gasteiger charge is 2.23. The fourth-order valence-corrected chi connectivity index (χ4v) is 5.98. The Morgan fingerprint density at radius 2 is 1.56 bits per heavy atom. The van der Waals surface area contributed by atoms with E-state index in [1.54, 1.807) is 36.4 Å². The van der Waals surface area contributed by atoms with Crippen LogP contribution in [0.2, 0.25) is 0 Å².